The van der Waals surface area contributed by atoms with Crippen molar-refractivity contribution in [3.8, 4) is 5.75 Å². The molecule has 162 valence electrons. The van der Waals surface area contributed by atoms with Gasteiger partial charge in [0.15, 0.2) is 0 Å². The molecule has 0 atom stereocenters. The van der Waals surface area contributed by atoms with E-state index in [2.05, 4.69) is 15.8 Å². The number of anilines is 1. The third-order valence-electron chi connectivity index (χ3n) is 3.93. The van der Waals surface area contributed by atoms with Crippen LogP contribution >= 0.6 is 34.8 Å². The summed E-state index contributed by atoms with van der Waals surface area (Å²) >= 11 is 17.7. The van der Waals surface area contributed by atoms with Gasteiger partial charge in [0.2, 0.25) is 0 Å². The normalized spacial score (nSPS) is 10.6. The van der Waals surface area contributed by atoms with Crippen LogP contribution in [0, 0.1) is 0 Å². The highest BCUT2D eigenvalue weighted by molar-refractivity contribution is 6.45. The summed E-state index contributed by atoms with van der Waals surface area (Å²) in [6.45, 7) is 0. The third-order valence-corrected chi connectivity index (χ3v) is 5.01. The molecule has 3 aromatic carbocycles. The molecule has 0 fully saturated rings. The number of amides is 2. The molecule has 10 heteroatoms. The highest BCUT2D eigenvalue weighted by Gasteiger charge is 2.15. The molecule has 0 spiro atoms. The second kappa shape index (κ2) is 10.8. The van der Waals surface area contributed by atoms with Crippen molar-refractivity contribution < 1.29 is 19.1 Å². The van der Waals surface area contributed by atoms with Gasteiger partial charge in [-0.15, -0.1) is 0 Å². The van der Waals surface area contributed by atoms with Crippen LogP contribution < -0.4 is 15.5 Å². The van der Waals surface area contributed by atoms with Crippen LogP contribution in [0.4, 0.5) is 5.69 Å². The van der Waals surface area contributed by atoms with E-state index in [1.165, 1.54) is 18.3 Å². The van der Waals surface area contributed by atoms with Crippen LogP contribution in [0.3, 0.4) is 0 Å². The minimum Gasteiger partial charge on any atom is -0.423 e. The summed E-state index contributed by atoms with van der Waals surface area (Å²) in [5.41, 5.74) is 3.15. The van der Waals surface area contributed by atoms with Crippen LogP contribution in [0.25, 0.3) is 0 Å². The molecule has 32 heavy (non-hydrogen) atoms. The first-order chi connectivity index (χ1) is 15.3. The van der Waals surface area contributed by atoms with Gasteiger partial charge in [-0.05, 0) is 54.1 Å². The van der Waals surface area contributed by atoms with Gasteiger partial charge in [0.25, 0.3) is 0 Å². The van der Waals surface area contributed by atoms with Crippen molar-refractivity contribution in [3.63, 3.8) is 0 Å². The SMILES string of the molecule is O=C(NN=Cc1cccc(OC(=O)c2ccc(Cl)cc2)c1)C(=O)Nc1cccc(Cl)c1Cl. The lowest BCUT2D eigenvalue weighted by Crippen LogP contribution is -2.32. The number of rotatable bonds is 5. The van der Waals surface area contributed by atoms with E-state index >= 15 is 0 Å². The number of esters is 1. The molecular formula is C22H14Cl3N3O4. The first-order valence-corrected chi connectivity index (χ1v) is 10.1. The Labute approximate surface area is 197 Å². The third kappa shape index (κ3) is 6.31. The number of carbonyl (C=O) groups excluding carboxylic acids is 3. The highest BCUT2D eigenvalue weighted by Crippen LogP contribution is 2.29. The largest absolute Gasteiger partial charge is 0.423 e. The monoisotopic (exact) mass is 489 g/mol. The van der Waals surface area contributed by atoms with Gasteiger partial charge < -0.3 is 10.1 Å². The quantitative estimate of drug-likeness (QED) is 0.174. The van der Waals surface area contributed by atoms with E-state index in [0.717, 1.165) is 0 Å². The zero-order chi connectivity index (χ0) is 23.1. The molecule has 0 aliphatic carbocycles. The fraction of sp³-hybridized carbons (Fsp3) is 0. The Hall–Kier alpha value is -3.39. The van der Waals surface area contributed by atoms with Gasteiger partial charge in [0.05, 0.1) is 27.5 Å². The number of benzene rings is 3. The molecule has 0 aromatic heterocycles. The van der Waals surface area contributed by atoms with Crippen LogP contribution in [0.1, 0.15) is 15.9 Å². The summed E-state index contributed by atoms with van der Waals surface area (Å²) in [6.07, 6.45) is 1.29. The summed E-state index contributed by atoms with van der Waals surface area (Å²) in [6, 6.07) is 17.3. The second-order valence-corrected chi connectivity index (χ2v) is 7.45. The maximum absolute atomic E-state index is 12.2. The van der Waals surface area contributed by atoms with Crippen molar-refractivity contribution in [1.29, 1.82) is 0 Å². The molecule has 0 aliphatic heterocycles. The van der Waals surface area contributed by atoms with E-state index in [9.17, 15) is 14.4 Å². The molecule has 2 amide bonds. The van der Waals surface area contributed by atoms with Crippen molar-refractivity contribution in [2.75, 3.05) is 5.32 Å². The second-order valence-electron chi connectivity index (χ2n) is 6.22. The maximum Gasteiger partial charge on any atom is 0.343 e. The maximum atomic E-state index is 12.2. The van der Waals surface area contributed by atoms with Crippen molar-refractivity contribution in [2.24, 2.45) is 5.10 Å². The van der Waals surface area contributed by atoms with Gasteiger partial charge >= 0.3 is 17.8 Å². The summed E-state index contributed by atoms with van der Waals surface area (Å²) in [5.74, 6) is -2.27. The first-order valence-electron chi connectivity index (χ1n) is 8.99. The Kier molecular flexibility index (Phi) is 7.83. The molecule has 2 N–H and O–H groups in total. The molecule has 0 radical (unpaired) electrons. The standard InChI is InChI=1S/C22H14Cl3N3O4/c23-15-9-7-14(8-10-15)22(31)32-16-4-1-3-13(11-16)12-26-28-21(30)20(29)27-18-6-2-5-17(24)19(18)25/h1-12H,(H,27,29)(H,28,30). The molecule has 0 saturated carbocycles. The molecule has 0 unspecified atom stereocenters. The van der Waals surface area contributed by atoms with E-state index in [1.54, 1.807) is 54.6 Å². The van der Waals surface area contributed by atoms with Crippen molar-refractivity contribution in [2.45, 2.75) is 0 Å². The summed E-state index contributed by atoms with van der Waals surface area (Å²) in [7, 11) is 0. The van der Waals surface area contributed by atoms with Crippen LogP contribution in [-0.4, -0.2) is 24.0 Å². The molecule has 7 nitrogen and oxygen atoms in total. The lowest BCUT2D eigenvalue weighted by atomic mass is 10.2. The summed E-state index contributed by atoms with van der Waals surface area (Å²) in [5, 5.41) is 6.93. The van der Waals surface area contributed by atoms with Gasteiger partial charge in [-0.2, -0.15) is 5.10 Å². The minimum atomic E-state index is -1.01. The van der Waals surface area contributed by atoms with Crippen molar-refractivity contribution in [3.05, 3.63) is 92.9 Å². The zero-order valence-electron chi connectivity index (χ0n) is 16.1. The predicted octanol–water partition coefficient (Wildman–Crippen LogP) is 4.95. The van der Waals surface area contributed by atoms with E-state index < -0.39 is 17.8 Å². The molecule has 0 heterocycles. The highest BCUT2D eigenvalue weighted by atomic mass is 35.5. The molecule has 3 aromatic rings. The Morgan fingerprint density at radius 3 is 2.34 bits per heavy atom. The Balaban J connectivity index is 1.57. The fourth-order valence-electron chi connectivity index (χ4n) is 2.41. The van der Waals surface area contributed by atoms with Crippen LogP contribution in [0.2, 0.25) is 15.1 Å². The van der Waals surface area contributed by atoms with Gasteiger partial charge in [-0.1, -0.05) is 53.0 Å². The minimum absolute atomic E-state index is 0.115. The number of halogens is 3. The lowest BCUT2D eigenvalue weighted by molar-refractivity contribution is -0.136. The number of carbonyl (C=O) groups is 3. The predicted molar refractivity (Wildman–Crippen MR) is 124 cm³/mol. The molecule has 3 rings (SSSR count). The van der Waals surface area contributed by atoms with E-state index in [1.807, 2.05) is 0 Å². The van der Waals surface area contributed by atoms with E-state index in [4.69, 9.17) is 39.5 Å². The van der Waals surface area contributed by atoms with Gasteiger partial charge in [-0.25, -0.2) is 10.2 Å². The molecule has 0 bridgehead atoms. The van der Waals surface area contributed by atoms with Crippen LogP contribution in [-0.2, 0) is 9.59 Å². The van der Waals surface area contributed by atoms with Crippen molar-refractivity contribution >= 4 is 64.5 Å². The van der Waals surface area contributed by atoms with E-state index in [-0.39, 0.29) is 21.5 Å². The number of hydrogen-bond donors (Lipinski definition) is 2. The Morgan fingerprint density at radius 1 is 0.875 bits per heavy atom. The molecular weight excluding hydrogens is 477 g/mol. The van der Waals surface area contributed by atoms with Crippen LogP contribution in [0.5, 0.6) is 5.75 Å². The van der Waals surface area contributed by atoms with Gasteiger partial charge in [0, 0.05) is 5.02 Å². The Bertz CT molecular complexity index is 1200. The molecule has 0 aliphatic rings. The lowest BCUT2D eigenvalue weighted by Gasteiger charge is -2.07. The number of hydrogen-bond acceptors (Lipinski definition) is 5. The topological polar surface area (TPSA) is 96.9 Å². The average Bonchev–Trinajstić information content (AvgIpc) is 2.77. The molecule has 0 saturated heterocycles. The van der Waals surface area contributed by atoms with Gasteiger partial charge in [0.1, 0.15) is 5.75 Å². The first kappa shape index (κ1) is 23.3. The van der Waals surface area contributed by atoms with E-state index in [0.29, 0.717) is 16.1 Å². The summed E-state index contributed by atoms with van der Waals surface area (Å²) < 4.78 is 5.32. The zero-order valence-corrected chi connectivity index (χ0v) is 18.4. The van der Waals surface area contributed by atoms with Gasteiger partial charge in [-0.3, -0.25) is 9.59 Å². The number of ether oxygens (including phenoxy) is 1. The smallest absolute Gasteiger partial charge is 0.343 e. The number of nitrogens with one attached hydrogen (secondary N) is 2. The summed E-state index contributed by atoms with van der Waals surface area (Å²) in [4.78, 5) is 36.1. The van der Waals surface area contributed by atoms with Crippen LogP contribution in [0.15, 0.2) is 71.8 Å². The number of hydrazone groups is 1. The fourth-order valence-corrected chi connectivity index (χ4v) is 2.88. The van der Waals surface area contributed by atoms with Crippen molar-refractivity contribution in [1.82, 2.24) is 5.43 Å². The number of nitrogens with zero attached hydrogens (tertiary/aromatic N) is 1. The Morgan fingerprint density at radius 2 is 1.59 bits per heavy atom. The average molecular weight is 491 g/mol.